The Balaban J connectivity index is 2.20. The summed E-state index contributed by atoms with van der Waals surface area (Å²) in [6, 6.07) is 13.9. The lowest BCUT2D eigenvalue weighted by Gasteiger charge is -2.12. The number of aromatic nitrogens is 1. The number of hydrogen-bond donors (Lipinski definition) is 0. The van der Waals surface area contributed by atoms with Gasteiger partial charge in [-0.25, -0.2) is 0 Å². The van der Waals surface area contributed by atoms with Crippen LogP contribution in [0.4, 0.5) is 0 Å². The Hall–Kier alpha value is -2.07. The van der Waals surface area contributed by atoms with Crippen molar-refractivity contribution in [3.63, 3.8) is 0 Å². The molecule has 0 spiro atoms. The highest BCUT2D eigenvalue weighted by atomic mass is 79.9. The molecule has 0 aliphatic rings. The van der Waals surface area contributed by atoms with Crippen LogP contribution in [0.1, 0.15) is 5.69 Å². The van der Waals surface area contributed by atoms with Crippen molar-refractivity contribution in [2.24, 2.45) is 0 Å². The molecule has 0 bridgehead atoms. The number of nitrogens with zero attached hydrogens (tertiary/aromatic N) is 1. The minimum absolute atomic E-state index is 0.835. The number of rotatable bonds is 3. The van der Waals surface area contributed by atoms with E-state index in [9.17, 15) is 0 Å². The highest BCUT2D eigenvalue weighted by Crippen LogP contribution is 2.36. The molecule has 0 unspecified atom stereocenters. The minimum Gasteiger partial charge on any atom is -0.497 e. The van der Waals surface area contributed by atoms with Crippen molar-refractivity contribution in [2.45, 2.75) is 6.92 Å². The largest absolute Gasteiger partial charge is 0.497 e. The van der Waals surface area contributed by atoms with E-state index in [0.717, 1.165) is 43.7 Å². The van der Waals surface area contributed by atoms with E-state index in [-0.39, 0.29) is 0 Å². The zero-order valence-electron chi connectivity index (χ0n) is 12.7. The number of benzene rings is 2. The molecule has 0 aliphatic carbocycles. The molecule has 0 aliphatic heterocycles. The molecule has 0 radical (unpaired) electrons. The third-order valence-electron chi connectivity index (χ3n) is 3.70. The van der Waals surface area contributed by atoms with Crippen molar-refractivity contribution in [3.8, 4) is 22.8 Å². The standard InChI is InChI=1S/C18H16BrNO2/c1-11-16-10-14(22-3)8-9-15(16)17(19)18(20-11)12-4-6-13(21-2)7-5-12/h4-10H,1-3H3. The summed E-state index contributed by atoms with van der Waals surface area (Å²) in [5.74, 6) is 1.67. The summed E-state index contributed by atoms with van der Waals surface area (Å²) in [5.41, 5.74) is 2.95. The molecular formula is C18H16BrNO2. The predicted octanol–water partition coefficient (Wildman–Crippen LogP) is 4.99. The van der Waals surface area contributed by atoms with E-state index < -0.39 is 0 Å². The van der Waals surface area contributed by atoms with Crippen LogP contribution in [0, 0.1) is 6.92 Å². The van der Waals surface area contributed by atoms with Crippen LogP contribution in [-0.4, -0.2) is 19.2 Å². The van der Waals surface area contributed by atoms with Crippen LogP contribution in [-0.2, 0) is 0 Å². The number of pyridine rings is 1. The van der Waals surface area contributed by atoms with E-state index in [2.05, 4.69) is 22.0 Å². The van der Waals surface area contributed by atoms with Crippen molar-refractivity contribution in [3.05, 3.63) is 52.6 Å². The lowest BCUT2D eigenvalue weighted by atomic mass is 10.0. The Morgan fingerprint density at radius 1 is 0.864 bits per heavy atom. The van der Waals surface area contributed by atoms with Crippen molar-refractivity contribution < 1.29 is 9.47 Å². The highest BCUT2D eigenvalue weighted by Gasteiger charge is 2.12. The number of hydrogen-bond acceptors (Lipinski definition) is 3. The number of ether oxygens (including phenoxy) is 2. The van der Waals surface area contributed by atoms with Gasteiger partial charge in [0.2, 0.25) is 0 Å². The second-order valence-corrected chi connectivity index (χ2v) is 5.79. The summed E-state index contributed by atoms with van der Waals surface area (Å²) in [4.78, 5) is 4.76. The predicted molar refractivity (Wildman–Crippen MR) is 92.7 cm³/mol. The molecule has 1 aromatic heterocycles. The molecular weight excluding hydrogens is 342 g/mol. The van der Waals surface area contributed by atoms with Crippen LogP contribution in [0.5, 0.6) is 11.5 Å². The van der Waals surface area contributed by atoms with Gasteiger partial charge in [0.1, 0.15) is 11.5 Å². The average Bonchev–Trinajstić information content (AvgIpc) is 2.57. The molecule has 2 aromatic carbocycles. The van der Waals surface area contributed by atoms with Gasteiger partial charge in [0.05, 0.1) is 24.4 Å². The molecule has 3 aromatic rings. The van der Waals surface area contributed by atoms with E-state index in [4.69, 9.17) is 14.5 Å². The van der Waals surface area contributed by atoms with Crippen LogP contribution < -0.4 is 9.47 Å². The monoisotopic (exact) mass is 357 g/mol. The lowest BCUT2D eigenvalue weighted by Crippen LogP contribution is -1.93. The van der Waals surface area contributed by atoms with E-state index in [1.807, 2.05) is 43.3 Å². The minimum atomic E-state index is 0.835. The molecule has 4 heteroatoms. The normalized spacial score (nSPS) is 10.7. The Bertz CT molecular complexity index is 829. The SMILES string of the molecule is COc1ccc(-c2nc(C)c3cc(OC)ccc3c2Br)cc1. The smallest absolute Gasteiger partial charge is 0.119 e. The Kier molecular flexibility index (Phi) is 4.03. The molecule has 0 saturated carbocycles. The van der Waals surface area contributed by atoms with Crippen molar-refractivity contribution in [2.75, 3.05) is 14.2 Å². The zero-order valence-corrected chi connectivity index (χ0v) is 14.3. The van der Waals surface area contributed by atoms with Gasteiger partial charge >= 0.3 is 0 Å². The first-order valence-electron chi connectivity index (χ1n) is 6.92. The van der Waals surface area contributed by atoms with E-state index in [0.29, 0.717) is 0 Å². The molecule has 1 heterocycles. The summed E-state index contributed by atoms with van der Waals surface area (Å²) in [6.45, 7) is 2.02. The maximum Gasteiger partial charge on any atom is 0.119 e. The second kappa shape index (κ2) is 5.97. The summed E-state index contributed by atoms with van der Waals surface area (Å²) in [5, 5.41) is 2.21. The topological polar surface area (TPSA) is 31.4 Å². The molecule has 22 heavy (non-hydrogen) atoms. The van der Waals surface area contributed by atoms with Crippen molar-refractivity contribution in [1.82, 2.24) is 4.98 Å². The summed E-state index contributed by atoms with van der Waals surface area (Å²) in [6.07, 6.45) is 0. The van der Waals surface area contributed by atoms with Gasteiger partial charge in [0.25, 0.3) is 0 Å². The fourth-order valence-corrected chi connectivity index (χ4v) is 3.15. The van der Waals surface area contributed by atoms with Gasteiger partial charge in [-0.3, -0.25) is 4.98 Å². The van der Waals surface area contributed by atoms with E-state index in [1.165, 1.54) is 0 Å². The fourth-order valence-electron chi connectivity index (χ4n) is 2.49. The van der Waals surface area contributed by atoms with Crippen molar-refractivity contribution >= 4 is 26.7 Å². The summed E-state index contributed by atoms with van der Waals surface area (Å²) < 4.78 is 11.5. The third-order valence-corrected chi connectivity index (χ3v) is 4.51. The molecule has 0 atom stereocenters. The van der Waals surface area contributed by atoms with Gasteiger partial charge in [0, 0.05) is 22.0 Å². The lowest BCUT2D eigenvalue weighted by molar-refractivity contribution is 0.415. The van der Waals surface area contributed by atoms with Gasteiger partial charge in [-0.15, -0.1) is 0 Å². The van der Waals surface area contributed by atoms with Crippen LogP contribution >= 0.6 is 15.9 Å². The molecule has 0 amide bonds. The maximum absolute atomic E-state index is 5.30. The molecule has 0 saturated heterocycles. The van der Waals surface area contributed by atoms with E-state index in [1.54, 1.807) is 14.2 Å². The van der Waals surface area contributed by atoms with Crippen LogP contribution in [0.25, 0.3) is 22.0 Å². The Morgan fingerprint density at radius 3 is 2.14 bits per heavy atom. The summed E-state index contributed by atoms with van der Waals surface area (Å²) >= 11 is 3.70. The molecule has 0 N–H and O–H groups in total. The molecule has 3 rings (SSSR count). The fraction of sp³-hybridized carbons (Fsp3) is 0.167. The highest BCUT2D eigenvalue weighted by molar-refractivity contribution is 9.10. The first kappa shape index (κ1) is 14.9. The van der Waals surface area contributed by atoms with Gasteiger partial charge in [-0.1, -0.05) is 0 Å². The molecule has 0 fully saturated rings. The Labute approximate surface area is 138 Å². The number of methoxy groups -OCH3 is 2. The molecule has 112 valence electrons. The first-order valence-corrected chi connectivity index (χ1v) is 7.71. The van der Waals surface area contributed by atoms with Crippen LogP contribution in [0.2, 0.25) is 0 Å². The number of aryl methyl sites for hydroxylation is 1. The summed E-state index contributed by atoms with van der Waals surface area (Å²) in [7, 11) is 3.33. The number of fused-ring (bicyclic) bond motifs is 1. The van der Waals surface area contributed by atoms with Gasteiger partial charge in [-0.05, 0) is 65.3 Å². The van der Waals surface area contributed by atoms with Crippen LogP contribution in [0.15, 0.2) is 46.9 Å². The third kappa shape index (κ3) is 2.55. The van der Waals surface area contributed by atoms with E-state index >= 15 is 0 Å². The Morgan fingerprint density at radius 2 is 1.50 bits per heavy atom. The second-order valence-electron chi connectivity index (χ2n) is 5.00. The quantitative estimate of drug-likeness (QED) is 0.661. The zero-order chi connectivity index (χ0) is 15.7. The first-order chi connectivity index (χ1) is 10.6. The molecule has 3 nitrogen and oxygen atoms in total. The maximum atomic E-state index is 5.30. The average molecular weight is 358 g/mol. The number of halogens is 1. The van der Waals surface area contributed by atoms with Gasteiger partial charge < -0.3 is 9.47 Å². The van der Waals surface area contributed by atoms with Crippen molar-refractivity contribution in [1.29, 1.82) is 0 Å². The van der Waals surface area contributed by atoms with Gasteiger partial charge in [-0.2, -0.15) is 0 Å². The van der Waals surface area contributed by atoms with Crippen LogP contribution in [0.3, 0.4) is 0 Å². The van der Waals surface area contributed by atoms with Gasteiger partial charge in [0.15, 0.2) is 0 Å².